The third-order valence-corrected chi connectivity index (χ3v) is 27.6. The molecule has 0 unspecified atom stereocenters. The summed E-state index contributed by atoms with van der Waals surface area (Å²) in [6.45, 7) is 8.29. The molecule has 0 fully saturated rings. The van der Waals surface area contributed by atoms with Crippen LogP contribution in [0.15, 0.2) is 485 Å². The van der Waals surface area contributed by atoms with Gasteiger partial charge in [-0.2, -0.15) is 0 Å². The van der Waals surface area contributed by atoms with Crippen LogP contribution < -0.4 is 19.6 Å². The van der Waals surface area contributed by atoms with Gasteiger partial charge in [0.2, 0.25) is 0 Å². The van der Waals surface area contributed by atoms with Gasteiger partial charge in [0.25, 0.3) is 0 Å². The fourth-order valence-corrected chi connectivity index (χ4v) is 20.8. The highest BCUT2D eigenvalue weighted by atomic mass is 19.1. The van der Waals surface area contributed by atoms with Crippen molar-refractivity contribution in [2.24, 2.45) is 0 Å². The van der Waals surface area contributed by atoms with Gasteiger partial charge in [0.15, 0.2) is 23.3 Å². The lowest BCUT2D eigenvalue weighted by Crippen LogP contribution is -2.14. The summed E-state index contributed by atoms with van der Waals surface area (Å²) >= 11 is 0. The molecule has 0 bridgehead atoms. The third-order valence-electron chi connectivity index (χ3n) is 27.6. The zero-order valence-corrected chi connectivity index (χ0v) is 77.5. The molecule has 0 atom stereocenters. The summed E-state index contributed by atoms with van der Waals surface area (Å²) in [5, 5.41) is 12.2. The molecule has 140 heavy (non-hydrogen) atoms. The third kappa shape index (κ3) is 15.7. The molecule has 24 rings (SSSR count). The summed E-state index contributed by atoms with van der Waals surface area (Å²) < 4.78 is 71.7. The van der Waals surface area contributed by atoms with Crippen LogP contribution in [0.25, 0.3) is 154 Å². The van der Waals surface area contributed by atoms with Gasteiger partial charge >= 0.3 is 0 Å². The van der Waals surface area contributed by atoms with Gasteiger partial charge < -0.3 is 19.6 Å². The average molecular weight is 1810 g/mol. The molecule has 0 aliphatic heterocycles. The van der Waals surface area contributed by atoms with E-state index in [1.54, 1.807) is 0 Å². The number of hydrogen-bond donors (Lipinski definition) is 0. The van der Waals surface area contributed by atoms with Crippen LogP contribution in [0, 0.1) is 51.0 Å². The van der Waals surface area contributed by atoms with Gasteiger partial charge in [0.1, 0.15) is 0 Å². The average Bonchev–Trinajstić information content (AvgIpc) is 0.717. The van der Waals surface area contributed by atoms with E-state index in [9.17, 15) is 0 Å². The Morgan fingerprint density at radius 3 is 0.600 bits per heavy atom. The van der Waals surface area contributed by atoms with E-state index < -0.39 is 0 Å². The number of nitrogens with zero attached hydrogens (tertiary/aromatic N) is 4. The first-order valence-corrected chi connectivity index (χ1v) is 47.4. The molecule has 0 radical (unpaired) electrons. The molecule has 668 valence electrons. The van der Waals surface area contributed by atoms with Gasteiger partial charge in [0, 0.05) is 66.5 Å². The smallest absolute Gasteiger partial charge is 0.155 e. The van der Waals surface area contributed by atoms with Gasteiger partial charge in [-0.15, -0.1) is 0 Å². The SMILES string of the molecule is Cc1ccccc1-c1cc(-c2ccccc2C)c(F)c(N(c2ccccc2)c2ccc3ccc4c(N(c5ccccc5)c5cc(-c6ccccc6C)cc(-c6ccccc6C)c5F)ccc5ccc2c3c54)c1.Fc1c(-c2ccccc2)cc(-c2ccccc2)cc1N(c1ccccc1)c1ccc2ccc3c(N(c4ccccc4)c4cc(-c5ccccc5)cc(-c5ccccc5)c4F)ccc4ccc1c2c43. The lowest BCUT2D eigenvalue weighted by atomic mass is 9.90. The molecule has 24 aromatic carbocycles. The number of halogens is 4. The summed E-state index contributed by atoms with van der Waals surface area (Å²) in [6, 6.07) is 163. The Hall–Kier alpha value is -17.7. The van der Waals surface area contributed by atoms with Crippen molar-refractivity contribution in [3.05, 3.63) is 531 Å². The van der Waals surface area contributed by atoms with Crippen molar-refractivity contribution >= 4 is 133 Å². The number of anilines is 12. The van der Waals surface area contributed by atoms with Gasteiger partial charge in [-0.1, -0.05) is 364 Å². The largest absolute Gasteiger partial charge is 0.307 e. The van der Waals surface area contributed by atoms with Crippen LogP contribution in [0.3, 0.4) is 0 Å². The van der Waals surface area contributed by atoms with E-state index in [2.05, 4.69) is 179 Å². The summed E-state index contributed by atoms with van der Waals surface area (Å²) in [5.74, 6) is -1.25. The fraction of sp³-hybridized carbons (Fsp3) is 0.0303. The van der Waals surface area contributed by atoms with Crippen LogP contribution in [-0.2, 0) is 0 Å². The molecule has 0 saturated carbocycles. The normalized spacial score (nSPS) is 11.4. The molecule has 0 aliphatic carbocycles. The van der Waals surface area contributed by atoms with Crippen molar-refractivity contribution in [3.8, 4) is 89.0 Å². The number of benzene rings is 24. The number of rotatable bonds is 20. The molecule has 0 heterocycles. The number of para-hydroxylation sites is 4. The van der Waals surface area contributed by atoms with E-state index in [1.807, 2.05) is 354 Å². The van der Waals surface area contributed by atoms with Crippen LogP contribution in [0.4, 0.5) is 85.8 Å². The Morgan fingerprint density at radius 1 is 0.143 bits per heavy atom. The lowest BCUT2D eigenvalue weighted by Gasteiger charge is -2.31. The molecule has 0 aliphatic rings. The van der Waals surface area contributed by atoms with Gasteiger partial charge in [-0.05, 0) is 281 Å². The van der Waals surface area contributed by atoms with Crippen molar-refractivity contribution < 1.29 is 17.6 Å². The van der Waals surface area contributed by atoms with Gasteiger partial charge in [-0.25, -0.2) is 17.6 Å². The zero-order valence-electron chi connectivity index (χ0n) is 77.5. The summed E-state index contributed by atoms with van der Waals surface area (Å²) in [5.41, 5.74) is 25.7. The molecule has 4 nitrogen and oxygen atoms in total. The van der Waals surface area contributed by atoms with Crippen molar-refractivity contribution in [1.82, 2.24) is 0 Å². The molecule has 0 spiro atoms. The highest BCUT2D eigenvalue weighted by Gasteiger charge is 2.32. The van der Waals surface area contributed by atoms with E-state index >= 15 is 17.6 Å². The van der Waals surface area contributed by atoms with Crippen LogP contribution in [0.2, 0.25) is 0 Å². The molecule has 0 aromatic heterocycles. The molecular weight excluding hydrogens is 1720 g/mol. The molecule has 24 aromatic rings. The maximum Gasteiger partial charge on any atom is 0.155 e. The minimum atomic E-state index is -0.319. The topological polar surface area (TPSA) is 13.0 Å². The molecule has 0 saturated heterocycles. The Labute approximate surface area is 812 Å². The lowest BCUT2D eigenvalue weighted by molar-refractivity contribution is 0.632. The predicted molar refractivity (Wildman–Crippen MR) is 581 cm³/mol. The highest BCUT2D eigenvalue weighted by Crippen LogP contribution is 2.55. The monoisotopic (exact) mass is 1810 g/mol. The van der Waals surface area contributed by atoms with E-state index in [4.69, 9.17) is 0 Å². The van der Waals surface area contributed by atoms with Crippen molar-refractivity contribution in [2.75, 3.05) is 19.6 Å². The minimum Gasteiger partial charge on any atom is -0.307 e. The number of aryl methyl sites for hydroxylation is 4. The van der Waals surface area contributed by atoms with Gasteiger partial charge in [0.05, 0.1) is 45.5 Å². The fourth-order valence-electron chi connectivity index (χ4n) is 20.8. The Bertz CT molecular complexity index is 8260. The summed E-state index contributed by atoms with van der Waals surface area (Å²) in [6.07, 6.45) is 0. The second kappa shape index (κ2) is 36.8. The quantitative estimate of drug-likeness (QED) is 0.0557. The van der Waals surface area contributed by atoms with Crippen molar-refractivity contribution in [1.29, 1.82) is 0 Å². The van der Waals surface area contributed by atoms with E-state index in [1.165, 1.54) is 0 Å². The second-order valence-electron chi connectivity index (χ2n) is 36.0. The van der Waals surface area contributed by atoms with Gasteiger partial charge in [-0.3, -0.25) is 0 Å². The first kappa shape index (κ1) is 86.4. The minimum absolute atomic E-state index is 0.308. The first-order valence-electron chi connectivity index (χ1n) is 47.4. The maximum atomic E-state index is 18.1. The first-order chi connectivity index (χ1) is 68.8. The van der Waals surface area contributed by atoms with E-state index in [-0.39, 0.29) is 23.3 Å². The molecular formula is C132H92F4N4. The number of hydrogen-bond acceptors (Lipinski definition) is 4. The zero-order chi connectivity index (χ0) is 94.6. The Balaban J connectivity index is 0.000000156. The maximum absolute atomic E-state index is 18.1. The van der Waals surface area contributed by atoms with Crippen LogP contribution in [0.1, 0.15) is 22.3 Å². The van der Waals surface area contributed by atoms with E-state index in [0.717, 1.165) is 199 Å². The van der Waals surface area contributed by atoms with Crippen LogP contribution >= 0.6 is 0 Å². The molecule has 8 heteroatoms. The standard InChI is InChI=1S/C68H50F2N2.C64H42F2N2/c1-43-19-11-15-27-53(43)49-39-59(55-29-17-13-21-45(55)3)67(69)63(41-49)71(51-23-7-5-8-24-51)61-37-33-47-32-36-58-62(38-34-48-31-35-57(61)65(47)66(48)58)72(52-25-9-6-10-26-52)64-42-50(54-28-16-12-20-44(54)2)40-60(68(64)70)56-30-18-14-22-46(56)4;65-63-55(45-23-11-3-12-24-45)39-49(43-19-7-1-8-20-43)41-59(63)67(51-27-15-5-16-28-51)57-37-33-47-32-36-54-58(38-34-48-31-35-53(57)61(47)62(48)54)68(52-29-17-6-18-30-52)60-42-50(44-21-9-2-10-22-44)40-56(64(60)66)46-25-13-4-14-26-46/h5-42H,1-4H3;1-42H. The van der Waals surface area contributed by atoms with E-state index in [0.29, 0.717) is 45.0 Å². The summed E-state index contributed by atoms with van der Waals surface area (Å²) in [4.78, 5) is 8.29. The Kier molecular flexibility index (Phi) is 22.7. The highest BCUT2D eigenvalue weighted by molar-refractivity contribution is 6.30. The summed E-state index contributed by atoms with van der Waals surface area (Å²) in [7, 11) is 0. The predicted octanol–water partition coefficient (Wildman–Crippen LogP) is 38.2. The molecule has 0 amide bonds. The van der Waals surface area contributed by atoms with Crippen LogP contribution in [-0.4, -0.2) is 0 Å². The molecule has 0 N–H and O–H groups in total. The van der Waals surface area contributed by atoms with Crippen molar-refractivity contribution in [3.63, 3.8) is 0 Å². The van der Waals surface area contributed by atoms with Crippen LogP contribution in [0.5, 0.6) is 0 Å². The Morgan fingerprint density at radius 2 is 0.343 bits per heavy atom. The van der Waals surface area contributed by atoms with Crippen molar-refractivity contribution in [2.45, 2.75) is 27.7 Å². The second-order valence-corrected chi connectivity index (χ2v) is 36.0.